The Morgan fingerprint density at radius 1 is 0.765 bits per heavy atom. The Labute approximate surface area is 198 Å². The van der Waals surface area contributed by atoms with Gasteiger partial charge in [-0.3, -0.25) is 9.59 Å². The van der Waals surface area contributed by atoms with Crippen molar-refractivity contribution in [3.05, 3.63) is 95.6 Å². The third-order valence-corrected chi connectivity index (χ3v) is 5.60. The van der Waals surface area contributed by atoms with Crippen molar-refractivity contribution in [1.29, 1.82) is 0 Å². The molecular formula is C28H26N2O4. The Kier molecular flexibility index (Phi) is 6.78. The highest BCUT2D eigenvalue weighted by Crippen LogP contribution is 2.29. The van der Waals surface area contributed by atoms with Gasteiger partial charge in [-0.2, -0.15) is 0 Å². The number of hydrogen-bond acceptors (Lipinski definition) is 4. The minimum Gasteiger partial charge on any atom is -0.495 e. The van der Waals surface area contributed by atoms with Gasteiger partial charge in [0.1, 0.15) is 11.5 Å². The van der Waals surface area contributed by atoms with Gasteiger partial charge in [-0.05, 0) is 72.1 Å². The first kappa shape index (κ1) is 22.9. The number of nitrogens with one attached hydrogen (secondary N) is 2. The zero-order valence-electron chi connectivity index (χ0n) is 19.3. The number of methoxy groups -OCH3 is 1. The third kappa shape index (κ3) is 5.18. The van der Waals surface area contributed by atoms with E-state index < -0.39 is 0 Å². The summed E-state index contributed by atoms with van der Waals surface area (Å²) in [7, 11) is 1.55. The molecule has 4 aromatic carbocycles. The summed E-state index contributed by atoms with van der Waals surface area (Å²) in [6.45, 7) is 3.77. The molecule has 0 saturated heterocycles. The van der Waals surface area contributed by atoms with Crippen LogP contribution in [-0.4, -0.2) is 25.5 Å². The molecule has 0 aliphatic heterocycles. The zero-order chi connectivity index (χ0) is 24.1. The predicted octanol–water partition coefficient (Wildman–Crippen LogP) is 5.74. The molecule has 0 atom stereocenters. The molecule has 34 heavy (non-hydrogen) atoms. The van der Waals surface area contributed by atoms with E-state index in [1.54, 1.807) is 31.4 Å². The van der Waals surface area contributed by atoms with Crippen LogP contribution >= 0.6 is 0 Å². The fraction of sp³-hybridized carbons (Fsp3) is 0.143. The fourth-order valence-corrected chi connectivity index (χ4v) is 3.61. The summed E-state index contributed by atoms with van der Waals surface area (Å²) >= 11 is 0. The van der Waals surface area contributed by atoms with Crippen molar-refractivity contribution in [3.8, 4) is 11.5 Å². The molecule has 2 N–H and O–H groups in total. The van der Waals surface area contributed by atoms with Crippen LogP contribution in [0.25, 0.3) is 10.8 Å². The molecule has 0 radical (unpaired) electrons. The molecule has 6 nitrogen and oxygen atoms in total. The molecule has 0 heterocycles. The van der Waals surface area contributed by atoms with E-state index in [9.17, 15) is 9.59 Å². The van der Waals surface area contributed by atoms with Crippen LogP contribution < -0.4 is 20.1 Å². The highest BCUT2D eigenvalue weighted by atomic mass is 16.5. The monoisotopic (exact) mass is 454 g/mol. The van der Waals surface area contributed by atoms with Crippen molar-refractivity contribution >= 4 is 34.0 Å². The summed E-state index contributed by atoms with van der Waals surface area (Å²) in [5.41, 5.74) is 3.80. The van der Waals surface area contributed by atoms with Crippen molar-refractivity contribution < 1.29 is 19.1 Å². The maximum Gasteiger partial charge on any atom is 0.262 e. The van der Waals surface area contributed by atoms with Gasteiger partial charge in [-0.15, -0.1) is 0 Å². The van der Waals surface area contributed by atoms with Crippen molar-refractivity contribution in [2.75, 3.05) is 24.4 Å². The molecule has 0 aliphatic carbocycles. The average molecular weight is 455 g/mol. The molecule has 172 valence electrons. The molecule has 4 rings (SSSR count). The molecule has 2 amide bonds. The Hall–Kier alpha value is -4.32. The highest BCUT2D eigenvalue weighted by Gasteiger charge is 2.17. The summed E-state index contributed by atoms with van der Waals surface area (Å²) in [5.74, 6) is 0.195. The van der Waals surface area contributed by atoms with E-state index in [0.29, 0.717) is 28.4 Å². The summed E-state index contributed by atoms with van der Waals surface area (Å²) < 4.78 is 11.2. The highest BCUT2D eigenvalue weighted by molar-refractivity contribution is 6.09. The number of fused-ring (bicyclic) bond motifs is 1. The minimum absolute atomic E-state index is 0.236. The maximum absolute atomic E-state index is 13.2. The predicted molar refractivity (Wildman–Crippen MR) is 135 cm³/mol. The van der Waals surface area contributed by atoms with Crippen LogP contribution in [0.4, 0.5) is 11.4 Å². The summed E-state index contributed by atoms with van der Waals surface area (Å²) in [6.07, 6.45) is 0. The van der Waals surface area contributed by atoms with Gasteiger partial charge in [-0.25, -0.2) is 0 Å². The van der Waals surface area contributed by atoms with Crippen LogP contribution in [0.3, 0.4) is 0 Å². The summed E-state index contributed by atoms with van der Waals surface area (Å²) in [6, 6.07) is 24.1. The van der Waals surface area contributed by atoms with Crippen molar-refractivity contribution in [2.24, 2.45) is 0 Å². The van der Waals surface area contributed by atoms with Gasteiger partial charge in [0.15, 0.2) is 6.61 Å². The number of hydrogen-bond donors (Lipinski definition) is 2. The number of amides is 2. The summed E-state index contributed by atoms with van der Waals surface area (Å²) in [5, 5.41) is 7.51. The largest absolute Gasteiger partial charge is 0.495 e. The van der Waals surface area contributed by atoms with Gasteiger partial charge >= 0.3 is 0 Å². The molecule has 0 aromatic heterocycles. The number of carbonyl (C=O) groups is 2. The second kappa shape index (κ2) is 10.1. The molecule has 0 bridgehead atoms. The third-order valence-electron chi connectivity index (χ3n) is 5.60. The van der Waals surface area contributed by atoms with Crippen LogP contribution in [0.15, 0.2) is 78.9 Å². The van der Waals surface area contributed by atoms with Gasteiger partial charge in [-0.1, -0.05) is 42.5 Å². The zero-order valence-corrected chi connectivity index (χ0v) is 19.3. The Balaban J connectivity index is 1.57. The van der Waals surface area contributed by atoms with Crippen molar-refractivity contribution in [3.63, 3.8) is 0 Å². The van der Waals surface area contributed by atoms with Crippen LogP contribution in [0.2, 0.25) is 0 Å². The van der Waals surface area contributed by atoms with E-state index >= 15 is 0 Å². The van der Waals surface area contributed by atoms with Crippen molar-refractivity contribution in [2.45, 2.75) is 13.8 Å². The molecule has 0 spiro atoms. The van der Waals surface area contributed by atoms with Gasteiger partial charge in [0, 0.05) is 5.69 Å². The fourth-order valence-electron chi connectivity index (χ4n) is 3.61. The first-order valence-electron chi connectivity index (χ1n) is 10.9. The molecule has 6 heteroatoms. The summed E-state index contributed by atoms with van der Waals surface area (Å²) in [4.78, 5) is 25.8. The molecule has 0 fully saturated rings. The number of carbonyl (C=O) groups excluding carboxylic acids is 2. The lowest BCUT2D eigenvalue weighted by atomic mass is 10.1. The van der Waals surface area contributed by atoms with Gasteiger partial charge in [0.25, 0.3) is 11.8 Å². The lowest BCUT2D eigenvalue weighted by molar-refractivity contribution is -0.118. The van der Waals surface area contributed by atoms with Gasteiger partial charge in [0.2, 0.25) is 0 Å². The van der Waals surface area contributed by atoms with E-state index in [2.05, 4.69) is 10.6 Å². The second-order valence-electron chi connectivity index (χ2n) is 7.99. The van der Waals surface area contributed by atoms with E-state index in [1.807, 2.05) is 68.4 Å². The number of benzene rings is 4. The molecule has 0 unspecified atom stereocenters. The number of rotatable bonds is 7. The van der Waals surface area contributed by atoms with E-state index in [0.717, 1.165) is 21.9 Å². The quantitative estimate of drug-likeness (QED) is 0.374. The van der Waals surface area contributed by atoms with Crippen LogP contribution in [0.1, 0.15) is 21.5 Å². The lowest BCUT2D eigenvalue weighted by Crippen LogP contribution is -2.22. The average Bonchev–Trinajstić information content (AvgIpc) is 2.84. The Morgan fingerprint density at radius 2 is 1.47 bits per heavy atom. The number of aryl methyl sites for hydroxylation is 2. The van der Waals surface area contributed by atoms with E-state index in [-0.39, 0.29) is 18.4 Å². The van der Waals surface area contributed by atoms with Crippen LogP contribution in [0.5, 0.6) is 11.5 Å². The molecule has 0 aliphatic rings. The first-order valence-corrected chi connectivity index (χ1v) is 10.9. The number of anilines is 2. The number of para-hydroxylation sites is 2. The normalized spacial score (nSPS) is 10.6. The SMILES string of the molecule is COc1ccccc1NC(=O)c1cc2ccccc2cc1OCC(=O)Nc1ccc(C)c(C)c1. The Bertz CT molecular complexity index is 1360. The Morgan fingerprint density at radius 3 is 2.21 bits per heavy atom. The van der Waals surface area contributed by atoms with Crippen LogP contribution in [-0.2, 0) is 4.79 Å². The topological polar surface area (TPSA) is 76.7 Å². The van der Waals surface area contributed by atoms with E-state index in [4.69, 9.17) is 9.47 Å². The maximum atomic E-state index is 13.2. The van der Waals surface area contributed by atoms with E-state index in [1.165, 1.54) is 0 Å². The molecular weight excluding hydrogens is 428 g/mol. The van der Waals surface area contributed by atoms with Crippen LogP contribution in [0, 0.1) is 13.8 Å². The second-order valence-corrected chi connectivity index (χ2v) is 7.99. The number of ether oxygens (including phenoxy) is 2. The van der Waals surface area contributed by atoms with Gasteiger partial charge in [0.05, 0.1) is 18.4 Å². The standard InChI is InChI=1S/C28H26N2O4/c1-18-12-13-22(14-19(18)2)29-27(31)17-34-26-16-21-9-5-4-8-20(21)15-23(26)28(32)30-24-10-6-7-11-25(24)33-3/h4-16H,17H2,1-3H3,(H,29,31)(H,30,32). The van der Waals surface area contributed by atoms with Gasteiger partial charge < -0.3 is 20.1 Å². The minimum atomic E-state index is -0.361. The van der Waals surface area contributed by atoms with Crippen molar-refractivity contribution in [1.82, 2.24) is 0 Å². The lowest BCUT2D eigenvalue weighted by Gasteiger charge is -2.15. The molecule has 0 saturated carbocycles. The first-order chi connectivity index (χ1) is 16.4. The smallest absolute Gasteiger partial charge is 0.262 e. The molecule has 4 aromatic rings.